The van der Waals surface area contributed by atoms with Crippen LogP contribution >= 0.6 is 7.37 Å². The molecule has 7 heteroatoms. The first-order valence-corrected chi connectivity index (χ1v) is 11.3. The maximum absolute atomic E-state index is 14.0. The predicted octanol–water partition coefficient (Wildman–Crippen LogP) is 4.43. The average molecular weight is 421 g/mol. The van der Waals surface area contributed by atoms with E-state index in [0.29, 0.717) is 34.9 Å². The Kier molecular flexibility index (Phi) is 8.14. The summed E-state index contributed by atoms with van der Waals surface area (Å²) in [6.45, 7) is 4.44. The van der Waals surface area contributed by atoms with E-state index in [1.54, 1.807) is 37.4 Å². The Morgan fingerprint density at radius 1 is 1.03 bits per heavy atom. The van der Waals surface area contributed by atoms with Gasteiger partial charge >= 0.3 is 0 Å². The number of hydrogen-bond acceptors (Lipinski definition) is 6. The molecule has 1 N–H and O–H groups in total. The summed E-state index contributed by atoms with van der Waals surface area (Å²) < 4.78 is 30.6. The Balaban J connectivity index is 2.47. The van der Waals surface area contributed by atoms with Gasteiger partial charge in [0.15, 0.2) is 5.85 Å². The number of aliphatic hydroxyl groups is 1. The second-order valence-corrected chi connectivity index (χ2v) is 9.96. The molecule has 6 nitrogen and oxygen atoms in total. The fraction of sp³-hybridized carbons (Fsp3) is 0.455. The van der Waals surface area contributed by atoms with Gasteiger partial charge in [0.2, 0.25) is 0 Å². The molecule has 0 bridgehead atoms. The van der Waals surface area contributed by atoms with Crippen LogP contribution < -0.4 is 19.7 Å². The molecule has 0 radical (unpaired) electrons. The van der Waals surface area contributed by atoms with Gasteiger partial charge in [0, 0.05) is 36.7 Å². The summed E-state index contributed by atoms with van der Waals surface area (Å²) in [4.78, 5) is 1.96. The van der Waals surface area contributed by atoms with E-state index < -0.39 is 13.2 Å². The summed E-state index contributed by atoms with van der Waals surface area (Å²) in [6.07, 6.45) is 0.742. The number of hydrogen-bond donors (Lipinski definition) is 1. The fourth-order valence-electron chi connectivity index (χ4n) is 2.88. The molecule has 2 aromatic rings. The Hall–Kier alpha value is -2.01. The molecule has 0 amide bonds. The second kappa shape index (κ2) is 10.1. The maximum atomic E-state index is 14.0. The number of rotatable bonds is 10. The first-order chi connectivity index (χ1) is 13.7. The first-order valence-electron chi connectivity index (χ1n) is 9.65. The zero-order valence-corrected chi connectivity index (χ0v) is 19.0. The summed E-state index contributed by atoms with van der Waals surface area (Å²) in [5.41, 5.74) is 1.37. The van der Waals surface area contributed by atoms with Gasteiger partial charge in [0.05, 0.1) is 20.8 Å². The van der Waals surface area contributed by atoms with E-state index in [1.165, 1.54) is 7.11 Å². The third-order valence-corrected chi connectivity index (χ3v) is 7.25. The zero-order chi connectivity index (χ0) is 21.6. The van der Waals surface area contributed by atoms with Crippen molar-refractivity contribution in [2.75, 3.05) is 39.8 Å². The van der Waals surface area contributed by atoms with Crippen LogP contribution in [0.1, 0.15) is 31.7 Å². The standard InChI is InChI=1S/C22H32NO5P/c1-16(2)13-14-28-29(25,19-10-7-17(8-11-19)23(3)4)22(24)20-12-9-18(26-5)15-21(20)27-6/h7-12,15-16,22,24H,13-14H2,1-6H3/t22-,29-/m1/s1. The third-order valence-electron chi connectivity index (χ3n) is 4.75. The molecular weight excluding hydrogens is 389 g/mol. The van der Waals surface area contributed by atoms with Crippen LogP contribution in [0, 0.1) is 5.92 Å². The molecule has 2 aromatic carbocycles. The van der Waals surface area contributed by atoms with E-state index in [-0.39, 0.29) is 0 Å². The quantitative estimate of drug-likeness (QED) is 0.573. The van der Waals surface area contributed by atoms with Crippen molar-refractivity contribution in [1.29, 1.82) is 0 Å². The van der Waals surface area contributed by atoms with Gasteiger partial charge in [0.25, 0.3) is 7.37 Å². The molecule has 29 heavy (non-hydrogen) atoms. The van der Waals surface area contributed by atoms with E-state index in [1.807, 2.05) is 31.1 Å². The van der Waals surface area contributed by atoms with E-state index in [4.69, 9.17) is 14.0 Å². The number of ether oxygens (including phenoxy) is 2. The topological polar surface area (TPSA) is 68.2 Å². The first kappa shape index (κ1) is 23.3. The molecule has 2 atom stereocenters. The Labute approximate surface area is 173 Å². The van der Waals surface area contributed by atoms with Crippen molar-refractivity contribution < 1.29 is 23.7 Å². The van der Waals surface area contributed by atoms with Crippen molar-refractivity contribution in [3.05, 3.63) is 48.0 Å². The number of nitrogens with zero attached hydrogens (tertiary/aromatic N) is 1. The molecule has 0 heterocycles. The molecular formula is C22H32NO5P. The smallest absolute Gasteiger partial charge is 0.264 e. The minimum absolute atomic E-state index is 0.292. The lowest BCUT2D eigenvalue weighted by Crippen LogP contribution is -2.17. The lowest BCUT2D eigenvalue weighted by Gasteiger charge is -2.26. The van der Waals surface area contributed by atoms with Crippen LogP contribution in [0.4, 0.5) is 5.69 Å². The van der Waals surface area contributed by atoms with E-state index in [0.717, 1.165) is 12.1 Å². The predicted molar refractivity (Wildman–Crippen MR) is 118 cm³/mol. The summed E-state index contributed by atoms with van der Waals surface area (Å²) >= 11 is 0. The normalized spacial score (nSPS) is 14.3. The van der Waals surface area contributed by atoms with Gasteiger partial charge in [-0.15, -0.1) is 0 Å². The van der Waals surface area contributed by atoms with Crippen molar-refractivity contribution >= 4 is 18.4 Å². The number of anilines is 1. The minimum atomic E-state index is -3.64. The third kappa shape index (κ3) is 5.53. The van der Waals surface area contributed by atoms with Gasteiger partial charge in [-0.05, 0) is 48.7 Å². The highest BCUT2D eigenvalue weighted by Gasteiger charge is 2.38. The van der Waals surface area contributed by atoms with Crippen LogP contribution in [-0.2, 0) is 9.09 Å². The highest BCUT2D eigenvalue weighted by Crippen LogP contribution is 2.59. The summed E-state index contributed by atoms with van der Waals surface area (Å²) in [7, 11) is 3.29. The fourth-order valence-corrected chi connectivity index (χ4v) is 4.98. The van der Waals surface area contributed by atoms with Gasteiger partial charge in [-0.25, -0.2) is 0 Å². The molecule has 2 rings (SSSR count). The molecule has 0 saturated carbocycles. The lowest BCUT2D eigenvalue weighted by molar-refractivity contribution is 0.205. The largest absolute Gasteiger partial charge is 0.497 e. The van der Waals surface area contributed by atoms with Crippen molar-refractivity contribution in [2.24, 2.45) is 5.92 Å². The second-order valence-electron chi connectivity index (χ2n) is 7.51. The number of benzene rings is 2. The summed E-state index contributed by atoms with van der Waals surface area (Å²) in [5, 5.41) is 11.7. The van der Waals surface area contributed by atoms with Gasteiger partial charge in [-0.3, -0.25) is 4.57 Å². The number of methoxy groups -OCH3 is 2. The molecule has 0 aliphatic carbocycles. The molecule has 0 aliphatic heterocycles. The lowest BCUT2D eigenvalue weighted by atomic mass is 10.2. The maximum Gasteiger partial charge on any atom is 0.264 e. The molecule has 0 aliphatic rings. The van der Waals surface area contributed by atoms with E-state index in [9.17, 15) is 9.67 Å². The van der Waals surface area contributed by atoms with Crippen LogP contribution in [0.25, 0.3) is 0 Å². The molecule has 160 valence electrons. The average Bonchev–Trinajstić information content (AvgIpc) is 2.72. The van der Waals surface area contributed by atoms with Crippen LogP contribution in [0.2, 0.25) is 0 Å². The molecule has 0 unspecified atom stereocenters. The van der Waals surface area contributed by atoms with Crippen LogP contribution in [0.3, 0.4) is 0 Å². The van der Waals surface area contributed by atoms with Gasteiger partial charge in [-0.1, -0.05) is 13.8 Å². The van der Waals surface area contributed by atoms with E-state index >= 15 is 0 Å². The summed E-state index contributed by atoms with van der Waals surface area (Å²) in [5.74, 6) is 0.0195. The van der Waals surface area contributed by atoms with Crippen LogP contribution in [-0.4, -0.2) is 40.0 Å². The van der Waals surface area contributed by atoms with Crippen LogP contribution in [0.5, 0.6) is 11.5 Å². The van der Waals surface area contributed by atoms with Crippen molar-refractivity contribution in [2.45, 2.75) is 26.1 Å². The Bertz CT molecular complexity index is 836. The van der Waals surface area contributed by atoms with Crippen molar-refractivity contribution in [3.63, 3.8) is 0 Å². The highest BCUT2D eigenvalue weighted by atomic mass is 31.2. The highest BCUT2D eigenvalue weighted by molar-refractivity contribution is 7.67. The molecule has 0 aromatic heterocycles. The molecule has 0 saturated heterocycles. The van der Waals surface area contributed by atoms with E-state index in [2.05, 4.69) is 13.8 Å². The molecule has 0 spiro atoms. The van der Waals surface area contributed by atoms with Gasteiger partial charge in [-0.2, -0.15) is 0 Å². The minimum Gasteiger partial charge on any atom is -0.497 e. The van der Waals surface area contributed by atoms with Crippen molar-refractivity contribution in [1.82, 2.24) is 0 Å². The Morgan fingerprint density at radius 2 is 1.69 bits per heavy atom. The van der Waals surface area contributed by atoms with Crippen molar-refractivity contribution in [3.8, 4) is 11.5 Å². The Morgan fingerprint density at radius 3 is 2.21 bits per heavy atom. The molecule has 0 fully saturated rings. The van der Waals surface area contributed by atoms with Gasteiger partial charge in [0.1, 0.15) is 11.5 Å². The van der Waals surface area contributed by atoms with Gasteiger partial charge < -0.3 is 24.0 Å². The zero-order valence-electron chi connectivity index (χ0n) is 18.1. The summed E-state index contributed by atoms with van der Waals surface area (Å²) in [6, 6.07) is 12.3. The van der Waals surface area contributed by atoms with Crippen LogP contribution in [0.15, 0.2) is 42.5 Å². The monoisotopic (exact) mass is 421 g/mol. The number of aliphatic hydroxyl groups excluding tert-OH is 1. The SMILES string of the molecule is COc1ccc([C@H](O)[P@](=O)(OCCC(C)C)c2ccc(N(C)C)cc2)c(OC)c1.